The van der Waals surface area contributed by atoms with E-state index in [2.05, 4.69) is 15.1 Å². The van der Waals surface area contributed by atoms with Crippen LogP contribution in [-0.4, -0.2) is 15.1 Å². The molecule has 88 valence electrons. The Morgan fingerprint density at radius 3 is 2.94 bits per heavy atom. The Hall–Kier alpha value is -2.27. The number of hydrogen-bond acceptors (Lipinski definition) is 5. The third kappa shape index (κ3) is 2.36. The first-order valence-electron chi connectivity index (χ1n) is 5.37. The third-order valence-electron chi connectivity index (χ3n) is 2.29. The molecule has 0 aliphatic heterocycles. The van der Waals surface area contributed by atoms with Crippen LogP contribution in [0.5, 0.6) is 0 Å². The SMILES string of the molecule is C(=Cc1cccs1)c1nc(-c2cccnc2)no1. The zero-order valence-corrected chi connectivity index (χ0v) is 10.2. The average molecular weight is 255 g/mol. The molecular weight excluding hydrogens is 246 g/mol. The van der Waals surface area contributed by atoms with E-state index >= 15 is 0 Å². The maximum absolute atomic E-state index is 5.15. The van der Waals surface area contributed by atoms with Crippen molar-refractivity contribution in [3.63, 3.8) is 0 Å². The fourth-order valence-corrected chi connectivity index (χ4v) is 2.07. The normalized spacial score (nSPS) is 11.1. The highest BCUT2D eigenvalue weighted by atomic mass is 32.1. The van der Waals surface area contributed by atoms with E-state index in [0.717, 1.165) is 10.4 Å². The van der Waals surface area contributed by atoms with Gasteiger partial charge >= 0.3 is 0 Å². The molecule has 18 heavy (non-hydrogen) atoms. The lowest BCUT2D eigenvalue weighted by atomic mass is 10.3. The minimum absolute atomic E-state index is 0.488. The van der Waals surface area contributed by atoms with Crippen LogP contribution in [0.1, 0.15) is 10.8 Å². The zero-order chi connectivity index (χ0) is 12.2. The Morgan fingerprint density at radius 2 is 2.17 bits per heavy atom. The standard InChI is InChI=1S/C13H9N3OS/c1-3-10(9-14-7-1)13-15-12(17-16-13)6-5-11-4-2-8-18-11/h1-9H. The first-order chi connectivity index (χ1) is 8.92. The van der Waals surface area contributed by atoms with Crippen molar-refractivity contribution in [1.29, 1.82) is 0 Å². The molecule has 3 rings (SSSR count). The summed E-state index contributed by atoms with van der Waals surface area (Å²) in [4.78, 5) is 9.45. The smallest absolute Gasteiger partial charge is 0.250 e. The molecule has 0 atom stereocenters. The minimum Gasteiger partial charge on any atom is -0.334 e. The van der Waals surface area contributed by atoms with Gasteiger partial charge in [0.15, 0.2) is 0 Å². The van der Waals surface area contributed by atoms with E-state index < -0.39 is 0 Å². The fourth-order valence-electron chi connectivity index (χ4n) is 1.45. The Balaban J connectivity index is 1.82. The van der Waals surface area contributed by atoms with Crippen LogP contribution in [0, 0.1) is 0 Å². The Morgan fingerprint density at radius 1 is 1.17 bits per heavy atom. The molecule has 0 radical (unpaired) electrons. The van der Waals surface area contributed by atoms with Crippen molar-refractivity contribution in [1.82, 2.24) is 15.1 Å². The third-order valence-corrected chi connectivity index (χ3v) is 3.13. The summed E-state index contributed by atoms with van der Waals surface area (Å²) in [6, 6.07) is 7.76. The van der Waals surface area contributed by atoms with Crippen LogP contribution in [0.25, 0.3) is 23.5 Å². The van der Waals surface area contributed by atoms with Crippen LogP contribution in [0.2, 0.25) is 0 Å². The number of rotatable bonds is 3. The highest BCUT2D eigenvalue weighted by Crippen LogP contribution is 2.16. The zero-order valence-electron chi connectivity index (χ0n) is 9.35. The average Bonchev–Trinajstić information content (AvgIpc) is 3.09. The largest absolute Gasteiger partial charge is 0.334 e. The van der Waals surface area contributed by atoms with E-state index in [4.69, 9.17) is 4.52 Å². The molecule has 0 N–H and O–H groups in total. The summed E-state index contributed by atoms with van der Waals surface area (Å²) in [6.07, 6.45) is 7.17. The highest BCUT2D eigenvalue weighted by molar-refractivity contribution is 7.10. The van der Waals surface area contributed by atoms with Crippen molar-refractivity contribution in [3.8, 4) is 11.4 Å². The highest BCUT2D eigenvalue weighted by Gasteiger charge is 2.05. The number of aromatic nitrogens is 3. The van der Waals surface area contributed by atoms with Gasteiger partial charge in [0, 0.05) is 28.9 Å². The van der Waals surface area contributed by atoms with Crippen LogP contribution >= 0.6 is 11.3 Å². The van der Waals surface area contributed by atoms with Gasteiger partial charge in [0.1, 0.15) is 0 Å². The molecule has 0 aliphatic rings. The summed E-state index contributed by atoms with van der Waals surface area (Å²) in [6.45, 7) is 0. The van der Waals surface area contributed by atoms with Crippen molar-refractivity contribution >= 4 is 23.5 Å². The van der Waals surface area contributed by atoms with Gasteiger partial charge < -0.3 is 4.52 Å². The van der Waals surface area contributed by atoms with Gasteiger partial charge in [0.25, 0.3) is 5.89 Å². The Labute approximate surface area is 108 Å². The van der Waals surface area contributed by atoms with Gasteiger partial charge in [-0.15, -0.1) is 11.3 Å². The summed E-state index contributed by atoms with van der Waals surface area (Å²) in [5.74, 6) is 1.04. The molecule has 0 spiro atoms. The Bertz CT molecular complexity index is 644. The second kappa shape index (κ2) is 4.93. The molecule has 0 bridgehead atoms. The van der Waals surface area contributed by atoms with Gasteiger partial charge in [-0.25, -0.2) is 0 Å². The van der Waals surface area contributed by atoms with Gasteiger partial charge in [0.05, 0.1) is 0 Å². The molecule has 0 aliphatic carbocycles. The van der Waals surface area contributed by atoms with Crippen molar-refractivity contribution < 1.29 is 4.52 Å². The lowest BCUT2D eigenvalue weighted by Crippen LogP contribution is -1.81. The van der Waals surface area contributed by atoms with Crippen molar-refractivity contribution in [2.45, 2.75) is 0 Å². The van der Waals surface area contributed by atoms with E-state index in [0.29, 0.717) is 11.7 Å². The molecule has 0 aromatic carbocycles. The lowest BCUT2D eigenvalue weighted by Gasteiger charge is -1.89. The van der Waals surface area contributed by atoms with Crippen LogP contribution < -0.4 is 0 Å². The molecule has 3 aromatic rings. The first kappa shape index (κ1) is 10.9. The number of thiophene rings is 1. The first-order valence-corrected chi connectivity index (χ1v) is 6.25. The molecule has 0 saturated heterocycles. The fraction of sp³-hybridized carbons (Fsp3) is 0. The van der Waals surface area contributed by atoms with Crippen LogP contribution in [-0.2, 0) is 0 Å². The quantitative estimate of drug-likeness (QED) is 0.720. The van der Waals surface area contributed by atoms with Crippen molar-refractivity contribution in [2.24, 2.45) is 0 Å². The van der Waals surface area contributed by atoms with Crippen LogP contribution in [0.4, 0.5) is 0 Å². The molecule has 5 heteroatoms. The predicted molar refractivity (Wildman–Crippen MR) is 70.8 cm³/mol. The molecule has 3 heterocycles. The summed E-state index contributed by atoms with van der Waals surface area (Å²) < 4.78 is 5.15. The van der Waals surface area contributed by atoms with Gasteiger partial charge in [-0.1, -0.05) is 11.2 Å². The maximum Gasteiger partial charge on any atom is 0.250 e. The topological polar surface area (TPSA) is 51.8 Å². The predicted octanol–water partition coefficient (Wildman–Crippen LogP) is 3.36. The van der Waals surface area contributed by atoms with Crippen LogP contribution in [0.15, 0.2) is 46.6 Å². The number of hydrogen-bond donors (Lipinski definition) is 0. The van der Waals surface area contributed by atoms with E-state index in [1.165, 1.54) is 0 Å². The van der Waals surface area contributed by atoms with Gasteiger partial charge in [-0.2, -0.15) is 4.98 Å². The van der Waals surface area contributed by atoms with E-state index in [9.17, 15) is 0 Å². The maximum atomic E-state index is 5.15. The Kier molecular flexibility index (Phi) is 2.97. The molecule has 4 nitrogen and oxygen atoms in total. The van der Waals surface area contributed by atoms with E-state index in [1.807, 2.05) is 35.7 Å². The summed E-state index contributed by atoms with van der Waals surface area (Å²) in [5, 5.41) is 5.93. The van der Waals surface area contributed by atoms with Gasteiger partial charge in [-0.05, 0) is 29.7 Å². The van der Waals surface area contributed by atoms with Crippen molar-refractivity contribution in [2.75, 3.05) is 0 Å². The van der Waals surface area contributed by atoms with Gasteiger partial charge in [-0.3, -0.25) is 4.98 Å². The molecular formula is C13H9N3OS. The summed E-state index contributed by atoms with van der Waals surface area (Å²) in [7, 11) is 0. The molecule has 0 fully saturated rings. The lowest BCUT2D eigenvalue weighted by molar-refractivity contribution is 0.411. The van der Waals surface area contributed by atoms with E-state index in [1.54, 1.807) is 29.8 Å². The molecule has 3 aromatic heterocycles. The number of pyridine rings is 1. The van der Waals surface area contributed by atoms with Crippen molar-refractivity contribution in [3.05, 3.63) is 52.8 Å². The number of nitrogens with zero attached hydrogens (tertiary/aromatic N) is 3. The molecule has 0 amide bonds. The second-order valence-corrected chi connectivity index (χ2v) is 4.53. The summed E-state index contributed by atoms with van der Waals surface area (Å²) >= 11 is 1.66. The molecule has 0 saturated carbocycles. The van der Waals surface area contributed by atoms with Crippen LogP contribution in [0.3, 0.4) is 0 Å². The second-order valence-electron chi connectivity index (χ2n) is 3.55. The molecule has 0 unspecified atom stereocenters. The monoisotopic (exact) mass is 255 g/mol. The summed E-state index contributed by atoms with van der Waals surface area (Å²) in [5.41, 5.74) is 0.844. The minimum atomic E-state index is 0.488. The van der Waals surface area contributed by atoms with E-state index in [-0.39, 0.29) is 0 Å². The van der Waals surface area contributed by atoms with Gasteiger partial charge in [0.2, 0.25) is 5.82 Å².